The molecule has 1 aromatic rings. The monoisotopic (exact) mass is 214 g/mol. The molecular weight excluding hydrogens is 202 g/mol. The second-order valence-electron chi connectivity index (χ2n) is 3.03. The van der Waals surface area contributed by atoms with Crippen molar-refractivity contribution in [1.29, 1.82) is 0 Å². The topological polar surface area (TPSA) is 67.0 Å². The highest BCUT2D eigenvalue weighted by molar-refractivity contribution is 7.90. The van der Waals surface area contributed by atoms with Crippen LogP contribution >= 0.6 is 0 Å². The molecule has 77 valence electrons. The fourth-order valence-corrected chi connectivity index (χ4v) is 1.73. The molecule has 1 N–H and O–H groups in total. The van der Waals surface area contributed by atoms with Crippen LogP contribution in [0.1, 0.15) is 18.9 Å². The number of H-pyrrole nitrogens is 1. The van der Waals surface area contributed by atoms with Gasteiger partial charge in [0.25, 0.3) is 0 Å². The zero-order valence-corrected chi connectivity index (χ0v) is 8.89. The Hall–Kier alpha value is -1.10. The van der Waals surface area contributed by atoms with E-state index in [9.17, 15) is 13.2 Å². The van der Waals surface area contributed by atoms with Gasteiger partial charge >= 0.3 is 0 Å². The van der Waals surface area contributed by atoms with Crippen molar-refractivity contribution in [3.05, 3.63) is 34.5 Å². The Bertz CT molecular complexity index is 473. The normalized spacial score (nSPS) is 11.6. The molecule has 4 nitrogen and oxygen atoms in total. The summed E-state index contributed by atoms with van der Waals surface area (Å²) in [6.45, 7) is 1.92. The van der Waals surface area contributed by atoms with Crippen LogP contribution in [0.15, 0.2) is 22.0 Å². The molecule has 0 atom stereocenters. The lowest BCUT2D eigenvalue weighted by atomic mass is 10.2. The summed E-state index contributed by atoms with van der Waals surface area (Å²) < 4.78 is 22.3. The fraction of sp³-hybridized carbons (Fsp3) is 0.333. The largest absolute Gasteiger partial charge is 0.313 e. The van der Waals surface area contributed by atoms with Gasteiger partial charge in [-0.3, -0.25) is 4.79 Å². The molecule has 0 fully saturated rings. The molecule has 0 unspecified atom stereocenters. The third-order valence-corrected chi connectivity index (χ3v) is 2.70. The second kappa shape index (κ2) is 3.96. The van der Waals surface area contributed by atoms with Gasteiger partial charge < -0.3 is 4.98 Å². The molecule has 0 aliphatic rings. The van der Waals surface area contributed by atoms with Crippen molar-refractivity contribution in [3.8, 4) is 0 Å². The number of rotatable bonds is 3. The van der Waals surface area contributed by atoms with E-state index in [1.54, 1.807) is 6.42 Å². The van der Waals surface area contributed by atoms with Crippen molar-refractivity contribution in [2.75, 3.05) is 6.26 Å². The Kier molecular flexibility index (Phi) is 3.10. The predicted molar refractivity (Wildman–Crippen MR) is 53.9 cm³/mol. The van der Waals surface area contributed by atoms with Crippen molar-refractivity contribution < 1.29 is 8.42 Å². The Morgan fingerprint density at radius 1 is 1.43 bits per heavy atom. The first-order valence-corrected chi connectivity index (χ1v) is 6.10. The molecule has 0 bridgehead atoms. The average Bonchev–Trinajstić information content (AvgIpc) is 2.02. The van der Waals surface area contributed by atoms with Crippen LogP contribution in [-0.2, 0) is 9.84 Å². The number of nitrogens with one attached hydrogen (secondary N) is 1. The molecule has 0 aliphatic heterocycles. The molecule has 0 aromatic carbocycles. The zero-order valence-electron chi connectivity index (χ0n) is 8.07. The van der Waals surface area contributed by atoms with Crippen molar-refractivity contribution >= 4 is 9.84 Å². The summed E-state index contributed by atoms with van der Waals surface area (Å²) in [5.74, 6) is 0. The van der Waals surface area contributed by atoms with Crippen molar-refractivity contribution in [3.63, 3.8) is 0 Å². The Balaban J connectivity index is 3.28. The lowest BCUT2D eigenvalue weighted by Crippen LogP contribution is -2.12. The summed E-state index contributed by atoms with van der Waals surface area (Å²) in [6, 6.07) is 2.83. The van der Waals surface area contributed by atoms with E-state index in [0.29, 0.717) is 5.56 Å². The molecule has 1 rings (SSSR count). The minimum Gasteiger partial charge on any atom is -0.313 e. The first kappa shape index (κ1) is 11.0. The molecule has 5 heteroatoms. The molecule has 0 amide bonds. The lowest BCUT2D eigenvalue weighted by molar-refractivity contribution is 0.597. The summed E-state index contributed by atoms with van der Waals surface area (Å²) in [7, 11) is -3.34. The molecule has 0 spiro atoms. The van der Waals surface area contributed by atoms with Gasteiger partial charge in [0, 0.05) is 12.3 Å². The SMILES string of the molecule is CC[CH]c1cc(S(C)(=O)=O)[nH]c(=O)c1. The van der Waals surface area contributed by atoms with Crippen molar-refractivity contribution in [2.45, 2.75) is 18.4 Å². The first-order valence-electron chi connectivity index (χ1n) is 4.21. The van der Waals surface area contributed by atoms with Gasteiger partial charge in [-0.2, -0.15) is 0 Å². The van der Waals surface area contributed by atoms with Crippen LogP contribution in [0.2, 0.25) is 0 Å². The Morgan fingerprint density at radius 2 is 2.07 bits per heavy atom. The molecule has 1 aromatic heterocycles. The van der Waals surface area contributed by atoms with Crippen LogP contribution in [-0.4, -0.2) is 19.7 Å². The van der Waals surface area contributed by atoms with E-state index in [-0.39, 0.29) is 5.03 Å². The van der Waals surface area contributed by atoms with E-state index in [0.717, 1.165) is 12.7 Å². The standard InChI is InChI=1S/C9H12NO3S/c1-3-4-7-5-8(11)10-9(6-7)14(2,12)13/h4-6H,3H2,1-2H3,(H,10,11). The number of aromatic amines is 1. The number of pyridine rings is 1. The quantitative estimate of drug-likeness (QED) is 0.807. The number of hydrogen-bond donors (Lipinski definition) is 1. The minimum atomic E-state index is -3.34. The summed E-state index contributed by atoms with van der Waals surface area (Å²) in [4.78, 5) is 13.4. The van der Waals surface area contributed by atoms with Crippen LogP contribution in [0.3, 0.4) is 0 Å². The highest BCUT2D eigenvalue weighted by atomic mass is 32.2. The molecule has 0 saturated heterocycles. The minimum absolute atomic E-state index is 0.0373. The van der Waals surface area contributed by atoms with E-state index >= 15 is 0 Å². The maximum atomic E-state index is 11.2. The number of aromatic nitrogens is 1. The fourth-order valence-electron chi connectivity index (χ4n) is 1.09. The van der Waals surface area contributed by atoms with E-state index in [4.69, 9.17) is 0 Å². The van der Waals surface area contributed by atoms with E-state index in [2.05, 4.69) is 4.98 Å². The van der Waals surface area contributed by atoms with Crippen molar-refractivity contribution in [2.24, 2.45) is 0 Å². The first-order chi connectivity index (χ1) is 6.43. The van der Waals surface area contributed by atoms with E-state index < -0.39 is 15.4 Å². The van der Waals surface area contributed by atoms with Gasteiger partial charge in [0.2, 0.25) is 5.56 Å². The van der Waals surface area contributed by atoms with E-state index in [1.165, 1.54) is 12.1 Å². The van der Waals surface area contributed by atoms with Gasteiger partial charge in [-0.25, -0.2) is 8.42 Å². The highest BCUT2D eigenvalue weighted by Crippen LogP contribution is 2.08. The molecule has 1 radical (unpaired) electrons. The molecule has 14 heavy (non-hydrogen) atoms. The third-order valence-electron chi connectivity index (χ3n) is 1.68. The zero-order chi connectivity index (χ0) is 10.8. The summed E-state index contributed by atoms with van der Waals surface area (Å²) in [6.07, 6.45) is 3.62. The lowest BCUT2D eigenvalue weighted by Gasteiger charge is -2.01. The van der Waals surface area contributed by atoms with Crippen LogP contribution in [0.4, 0.5) is 0 Å². The third kappa shape index (κ3) is 2.70. The molecule has 0 aliphatic carbocycles. The smallest absolute Gasteiger partial charge is 0.249 e. The van der Waals surface area contributed by atoms with Crippen LogP contribution in [0.5, 0.6) is 0 Å². The average molecular weight is 214 g/mol. The predicted octanol–water partition coefficient (Wildman–Crippen LogP) is 0.741. The Morgan fingerprint density at radius 3 is 2.57 bits per heavy atom. The van der Waals surface area contributed by atoms with Crippen LogP contribution < -0.4 is 5.56 Å². The molecular formula is C9H12NO3S. The summed E-state index contributed by atoms with van der Waals surface area (Å²) in [5.41, 5.74) is 0.240. The maximum absolute atomic E-state index is 11.2. The van der Waals surface area contributed by atoms with Gasteiger partial charge in [-0.05, 0) is 24.5 Å². The Labute approximate surface area is 82.9 Å². The summed E-state index contributed by atoms with van der Waals surface area (Å²) >= 11 is 0. The van der Waals surface area contributed by atoms with Crippen molar-refractivity contribution in [1.82, 2.24) is 4.98 Å². The van der Waals surface area contributed by atoms with Gasteiger partial charge in [0.15, 0.2) is 9.84 Å². The van der Waals surface area contributed by atoms with Crippen LogP contribution in [0, 0.1) is 6.42 Å². The van der Waals surface area contributed by atoms with E-state index in [1.807, 2.05) is 6.92 Å². The molecule has 1 heterocycles. The number of sulfone groups is 1. The second-order valence-corrected chi connectivity index (χ2v) is 5.01. The van der Waals surface area contributed by atoms with Gasteiger partial charge in [-0.1, -0.05) is 6.92 Å². The highest BCUT2D eigenvalue weighted by Gasteiger charge is 2.09. The van der Waals surface area contributed by atoms with Crippen LogP contribution in [0.25, 0.3) is 0 Å². The molecule has 0 saturated carbocycles. The maximum Gasteiger partial charge on any atom is 0.249 e. The number of hydrogen-bond acceptors (Lipinski definition) is 3. The summed E-state index contributed by atoms with van der Waals surface area (Å²) in [5, 5.41) is -0.0373. The van der Waals surface area contributed by atoms with Gasteiger partial charge in [0.05, 0.1) is 0 Å². The van der Waals surface area contributed by atoms with Gasteiger partial charge in [0.1, 0.15) is 5.03 Å². The van der Waals surface area contributed by atoms with Gasteiger partial charge in [-0.15, -0.1) is 0 Å².